The number of aldehydes is 1. The van der Waals surface area contributed by atoms with E-state index in [-0.39, 0.29) is 5.69 Å². The number of hydrogen-bond acceptors (Lipinski definition) is 4. The molecule has 0 amide bonds. The maximum atomic E-state index is 13.7. The zero-order valence-electron chi connectivity index (χ0n) is 8.78. The molecule has 0 spiro atoms. The molecule has 0 saturated carbocycles. The molecule has 1 aromatic carbocycles. The van der Waals surface area contributed by atoms with E-state index in [4.69, 9.17) is 10.5 Å². The van der Waals surface area contributed by atoms with Crippen molar-refractivity contribution in [3.05, 3.63) is 23.5 Å². The first-order valence-electron chi connectivity index (χ1n) is 5.09. The molecule has 0 radical (unpaired) electrons. The molecule has 2 N–H and O–H groups in total. The van der Waals surface area contributed by atoms with Gasteiger partial charge in [-0.2, -0.15) is 0 Å². The second-order valence-electron chi connectivity index (χ2n) is 3.65. The minimum Gasteiger partial charge on any atom is -0.398 e. The van der Waals surface area contributed by atoms with Gasteiger partial charge >= 0.3 is 0 Å². The summed E-state index contributed by atoms with van der Waals surface area (Å²) in [6, 6.07) is 2.68. The summed E-state index contributed by atoms with van der Waals surface area (Å²) < 4.78 is 18.9. The molecule has 1 aromatic rings. The quantitative estimate of drug-likeness (QED) is 0.602. The van der Waals surface area contributed by atoms with E-state index in [9.17, 15) is 9.18 Å². The summed E-state index contributed by atoms with van der Waals surface area (Å²) in [6.07, 6.45) is 0.638. The summed E-state index contributed by atoms with van der Waals surface area (Å²) in [5, 5.41) is 0. The van der Waals surface area contributed by atoms with Gasteiger partial charge in [-0.25, -0.2) is 4.39 Å². The van der Waals surface area contributed by atoms with Crippen molar-refractivity contribution in [1.82, 2.24) is 0 Å². The Hall–Kier alpha value is -1.62. The molecule has 0 atom stereocenters. The highest BCUT2D eigenvalue weighted by Gasteiger charge is 2.16. The number of morpholine rings is 1. The Morgan fingerprint density at radius 3 is 2.69 bits per heavy atom. The van der Waals surface area contributed by atoms with E-state index >= 15 is 0 Å². The van der Waals surface area contributed by atoms with Crippen LogP contribution in [0.3, 0.4) is 0 Å². The van der Waals surface area contributed by atoms with Crippen molar-refractivity contribution in [2.75, 3.05) is 36.9 Å². The molecule has 5 heteroatoms. The molecule has 1 aliphatic rings. The molecule has 0 unspecified atom stereocenters. The fourth-order valence-electron chi connectivity index (χ4n) is 1.74. The van der Waals surface area contributed by atoms with E-state index in [0.717, 1.165) is 0 Å². The molecular formula is C11H13FN2O2. The number of nitrogens with two attached hydrogens (primary N) is 1. The summed E-state index contributed by atoms with van der Waals surface area (Å²) >= 11 is 0. The number of rotatable bonds is 2. The molecule has 86 valence electrons. The summed E-state index contributed by atoms with van der Waals surface area (Å²) in [5.74, 6) is -0.398. The lowest BCUT2D eigenvalue weighted by Crippen LogP contribution is -2.36. The van der Waals surface area contributed by atoms with Crippen LogP contribution in [-0.4, -0.2) is 32.6 Å². The van der Waals surface area contributed by atoms with Crippen molar-refractivity contribution in [3.63, 3.8) is 0 Å². The lowest BCUT2D eigenvalue weighted by molar-refractivity contribution is 0.112. The fourth-order valence-corrected chi connectivity index (χ4v) is 1.74. The van der Waals surface area contributed by atoms with Crippen LogP contribution in [0.25, 0.3) is 0 Å². The SMILES string of the molecule is Nc1cc(F)c(N2CCOCC2)cc1C=O. The number of anilines is 2. The van der Waals surface area contributed by atoms with Gasteiger partial charge in [-0.05, 0) is 12.1 Å². The number of nitrogen functional groups attached to an aromatic ring is 1. The molecule has 1 heterocycles. The minimum absolute atomic E-state index is 0.171. The molecule has 4 nitrogen and oxygen atoms in total. The largest absolute Gasteiger partial charge is 0.398 e. The number of carbonyl (C=O) groups is 1. The molecule has 2 rings (SSSR count). The summed E-state index contributed by atoms with van der Waals surface area (Å²) in [5.41, 5.74) is 6.43. The summed E-state index contributed by atoms with van der Waals surface area (Å²) in [4.78, 5) is 12.6. The molecule has 16 heavy (non-hydrogen) atoms. The van der Waals surface area contributed by atoms with Gasteiger partial charge in [-0.15, -0.1) is 0 Å². The van der Waals surface area contributed by atoms with Crippen LogP contribution in [0, 0.1) is 5.82 Å². The number of hydrogen-bond donors (Lipinski definition) is 1. The van der Waals surface area contributed by atoms with Gasteiger partial charge in [0.15, 0.2) is 6.29 Å². The fraction of sp³-hybridized carbons (Fsp3) is 0.364. The van der Waals surface area contributed by atoms with Crippen molar-refractivity contribution in [3.8, 4) is 0 Å². The van der Waals surface area contributed by atoms with Crippen LogP contribution in [0.2, 0.25) is 0 Å². The highest BCUT2D eigenvalue weighted by molar-refractivity contribution is 5.85. The van der Waals surface area contributed by atoms with Crippen molar-refractivity contribution in [2.24, 2.45) is 0 Å². The third-order valence-electron chi connectivity index (χ3n) is 2.63. The predicted octanol–water partition coefficient (Wildman–Crippen LogP) is 1.06. The first-order chi connectivity index (χ1) is 7.72. The van der Waals surface area contributed by atoms with Crippen LogP contribution >= 0.6 is 0 Å². The first kappa shape index (κ1) is 10.9. The van der Waals surface area contributed by atoms with Crippen molar-refractivity contribution in [2.45, 2.75) is 0 Å². The van der Waals surface area contributed by atoms with E-state index < -0.39 is 5.82 Å². The lowest BCUT2D eigenvalue weighted by atomic mass is 10.1. The molecular weight excluding hydrogens is 211 g/mol. The van der Waals surface area contributed by atoms with E-state index in [1.165, 1.54) is 12.1 Å². The second kappa shape index (κ2) is 4.49. The Bertz CT molecular complexity index is 403. The highest BCUT2D eigenvalue weighted by atomic mass is 19.1. The van der Waals surface area contributed by atoms with Gasteiger partial charge in [-0.1, -0.05) is 0 Å². The van der Waals surface area contributed by atoms with E-state index in [0.29, 0.717) is 43.8 Å². The van der Waals surface area contributed by atoms with Gasteiger partial charge in [-0.3, -0.25) is 4.79 Å². The van der Waals surface area contributed by atoms with Gasteiger partial charge in [0.05, 0.1) is 18.9 Å². The molecule has 1 saturated heterocycles. The first-order valence-corrected chi connectivity index (χ1v) is 5.09. The third-order valence-corrected chi connectivity index (χ3v) is 2.63. The van der Waals surface area contributed by atoms with Gasteiger partial charge in [0, 0.05) is 24.3 Å². The zero-order valence-corrected chi connectivity index (χ0v) is 8.78. The average Bonchev–Trinajstić information content (AvgIpc) is 2.30. The van der Waals surface area contributed by atoms with Crippen LogP contribution in [0.5, 0.6) is 0 Å². The van der Waals surface area contributed by atoms with Crippen LogP contribution in [-0.2, 0) is 4.74 Å². The van der Waals surface area contributed by atoms with Crippen molar-refractivity contribution < 1.29 is 13.9 Å². The smallest absolute Gasteiger partial charge is 0.152 e. The minimum atomic E-state index is -0.398. The maximum absolute atomic E-state index is 13.7. The Balaban J connectivity index is 2.35. The number of nitrogens with zero attached hydrogens (tertiary/aromatic N) is 1. The average molecular weight is 224 g/mol. The molecule has 0 aliphatic carbocycles. The summed E-state index contributed by atoms with van der Waals surface area (Å²) in [6.45, 7) is 2.39. The van der Waals surface area contributed by atoms with Gasteiger partial charge < -0.3 is 15.4 Å². The zero-order chi connectivity index (χ0) is 11.5. The predicted molar refractivity (Wildman–Crippen MR) is 59.2 cm³/mol. The topological polar surface area (TPSA) is 55.6 Å². The number of benzene rings is 1. The monoisotopic (exact) mass is 224 g/mol. The van der Waals surface area contributed by atoms with Crippen LogP contribution in [0.15, 0.2) is 12.1 Å². The second-order valence-corrected chi connectivity index (χ2v) is 3.65. The van der Waals surface area contributed by atoms with Crippen LogP contribution in [0.1, 0.15) is 10.4 Å². The standard InChI is InChI=1S/C11H13FN2O2/c12-9-6-10(13)8(7-15)5-11(9)14-1-3-16-4-2-14/h5-7H,1-4,13H2. The Morgan fingerprint density at radius 2 is 2.06 bits per heavy atom. The van der Waals surface area contributed by atoms with Crippen LogP contribution in [0.4, 0.5) is 15.8 Å². The Morgan fingerprint density at radius 1 is 1.38 bits per heavy atom. The molecule has 0 aromatic heterocycles. The third kappa shape index (κ3) is 1.99. The van der Waals surface area contributed by atoms with E-state index in [2.05, 4.69) is 0 Å². The van der Waals surface area contributed by atoms with Crippen molar-refractivity contribution >= 4 is 17.7 Å². The molecule has 1 aliphatic heterocycles. The van der Waals surface area contributed by atoms with Crippen LogP contribution < -0.4 is 10.6 Å². The Labute approximate surface area is 92.8 Å². The van der Waals surface area contributed by atoms with E-state index in [1.807, 2.05) is 4.90 Å². The maximum Gasteiger partial charge on any atom is 0.152 e. The normalized spacial score (nSPS) is 16.2. The van der Waals surface area contributed by atoms with Crippen molar-refractivity contribution in [1.29, 1.82) is 0 Å². The number of carbonyl (C=O) groups excluding carboxylic acids is 1. The van der Waals surface area contributed by atoms with E-state index in [1.54, 1.807) is 0 Å². The summed E-state index contributed by atoms with van der Waals surface area (Å²) in [7, 11) is 0. The lowest BCUT2D eigenvalue weighted by Gasteiger charge is -2.29. The van der Waals surface area contributed by atoms with Gasteiger partial charge in [0.1, 0.15) is 5.82 Å². The number of ether oxygens (including phenoxy) is 1. The molecule has 1 fully saturated rings. The molecule has 0 bridgehead atoms. The van der Waals surface area contributed by atoms with Gasteiger partial charge in [0.2, 0.25) is 0 Å². The van der Waals surface area contributed by atoms with Gasteiger partial charge in [0.25, 0.3) is 0 Å². The highest BCUT2D eigenvalue weighted by Crippen LogP contribution is 2.25. The Kier molecular flexibility index (Phi) is 3.05. The number of halogens is 1.